The molecule has 0 unspecified atom stereocenters. The summed E-state index contributed by atoms with van der Waals surface area (Å²) in [7, 11) is 0. The van der Waals surface area contributed by atoms with E-state index in [0.29, 0.717) is 0 Å². The van der Waals surface area contributed by atoms with Gasteiger partial charge in [0.25, 0.3) is 0 Å². The molecule has 0 fully saturated rings. The zero-order chi connectivity index (χ0) is 12.1. The maximum Gasteiger partial charge on any atom is 0.411 e. The van der Waals surface area contributed by atoms with Crippen LogP contribution in [-0.4, -0.2) is 24.4 Å². The molecule has 88 valence electrons. The van der Waals surface area contributed by atoms with Crippen LogP contribution in [0.25, 0.3) is 0 Å². The highest BCUT2D eigenvalue weighted by molar-refractivity contribution is 6.39. The Balaban J connectivity index is 2.77. The summed E-state index contributed by atoms with van der Waals surface area (Å²) in [5.41, 5.74) is 0.0627. The topological polar surface area (TPSA) is 58.6 Å². The lowest BCUT2D eigenvalue weighted by atomic mass is 10.3. The number of carbonyl (C=O) groups excluding carboxylic acids is 1. The number of aliphatic hydroxyl groups excluding tert-OH is 1. The molecule has 2 N–H and O–H groups in total. The Bertz CT molecular complexity index is 377. The van der Waals surface area contributed by atoms with Crippen molar-refractivity contribution in [1.29, 1.82) is 0 Å². The van der Waals surface area contributed by atoms with Gasteiger partial charge in [-0.2, -0.15) is 0 Å². The Kier molecular flexibility index (Phi) is 4.79. The minimum absolute atomic E-state index is 0.0362. The normalized spacial score (nSPS) is 10.0. The van der Waals surface area contributed by atoms with Gasteiger partial charge in [0.1, 0.15) is 12.4 Å². The molecule has 0 aliphatic rings. The van der Waals surface area contributed by atoms with Crippen molar-refractivity contribution in [3.05, 3.63) is 28.0 Å². The van der Waals surface area contributed by atoms with Crippen LogP contribution in [0.2, 0.25) is 10.0 Å². The molecule has 0 saturated carbocycles. The van der Waals surface area contributed by atoms with Crippen molar-refractivity contribution in [1.82, 2.24) is 0 Å². The average Bonchev–Trinajstić information content (AvgIpc) is 2.20. The second-order valence-corrected chi connectivity index (χ2v) is 3.54. The van der Waals surface area contributed by atoms with E-state index in [-0.39, 0.29) is 28.9 Å². The number of ether oxygens (including phenoxy) is 1. The van der Waals surface area contributed by atoms with Crippen molar-refractivity contribution in [3.8, 4) is 0 Å². The largest absolute Gasteiger partial charge is 0.447 e. The van der Waals surface area contributed by atoms with Crippen LogP contribution in [0.15, 0.2) is 12.1 Å². The van der Waals surface area contributed by atoms with E-state index in [1.165, 1.54) is 0 Å². The van der Waals surface area contributed by atoms with E-state index in [0.717, 1.165) is 12.1 Å². The molecule has 0 atom stereocenters. The molecule has 7 heteroatoms. The number of anilines is 1. The zero-order valence-corrected chi connectivity index (χ0v) is 9.48. The number of benzene rings is 1. The summed E-state index contributed by atoms with van der Waals surface area (Å²) in [4.78, 5) is 11.1. The van der Waals surface area contributed by atoms with E-state index in [1.807, 2.05) is 0 Å². The molecule has 1 aromatic rings. The zero-order valence-electron chi connectivity index (χ0n) is 7.97. The van der Waals surface area contributed by atoms with Gasteiger partial charge >= 0.3 is 6.09 Å². The quantitative estimate of drug-likeness (QED) is 0.886. The van der Waals surface area contributed by atoms with Crippen molar-refractivity contribution in [2.24, 2.45) is 0 Å². The number of aliphatic hydroxyl groups is 1. The molecule has 0 aliphatic heterocycles. The van der Waals surface area contributed by atoms with Crippen LogP contribution >= 0.6 is 23.2 Å². The predicted octanol–water partition coefficient (Wildman–Crippen LogP) is 2.67. The first-order chi connectivity index (χ1) is 7.54. The van der Waals surface area contributed by atoms with Gasteiger partial charge in [-0.1, -0.05) is 23.2 Å². The highest BCUT2D eigenvalue weighted by Gasteiger charge is 2.12. The molecular formula is C9H8Cl2FNO3. The summed E-state index contributed by atoms with van der Waals surface area (Å²) >= 11 is 11.3. The van der Waals surface area contributed by atoms with Crippen LogP contribution in [0.5, 0.6) is 0 Å². The lowest BCUT2D eigenvalue weighted by molar-refractivity contribution is 0.131. The molecule has 16 heavy (non-hydrogen) atoms. The second kappa shape index (κ2) is 5.89. The Morgan fingerprint density at radius 2 is 2.00 bits per heavy atom. The van der Waals surface area contributed by atoms with Gasteiger partial charge in [0, 0.05) is 0 Å². The third-order valence-electron chi connectivity index (χ3n) is 1.56. The standard InChI is InChI=1S/C9H8Cl2FNO3/c10-6-3-5(12)4-7(11)8(6)13-9(15)16-2-1-14/h3-4,14H,1-2H2,(H,13,15). The SMILES string of the molecule is O=C(Nc1c(Cl)cc(F)cc1Cl)OCCO. The molecule has 4 nitrogen and oxygen atoms in total. The molecule has 0 radical (unpaired) electrons. The minimum atomic E-state index is -0.829. The van der Waals surface area contributed by atoms with Gasteiger partial charge in [-0.15, -0.1) is 0 Å². The second-order valence-electron chi connectivity index (χ2n) is 2.73. The van der Waals surface area contributed by atoms with E-state index in [9.17, 15) is 9.18 Å². The van der Waals surface area contributed by atoms with Crippen molar-refractivity contribution >= 4 is 35.0 Å². The van der Waals surface area contributed by atoms with Crippen LogP contribution in [0, 0.1) is 5.82 Å². The van der Waals surface area contributed by atoms with Gasteiger partial charge in [-0.25, -0.2) is 9.18 Å². The number of amides is 1. The summed E-state index contributed by atoms with van der Waals surface area (Å²) in [5, 5.41) is 10.6. The van der Waals surface area contributed by atoms with Gasteiger partial charge in [0.05, 0.1) is 22.3 Å². The minimum Gasteiger partial charge on any atom is -0.447 e. The molecule has 0 spiro atoms. The number of halogens is 3. The smallest absolute Gasteiger partial charge is 0.411 e. The lowest BCUT2D eigenvalue weighted by Gasteiger charge is -2.09. The van der Waals surface area contributed by atoms with Gasteiger partial charge in [0.15, 0.2) is 0 Å². The number of hydrogen-bond acceptors (Lipinski definition) is 3. The molecule has 0 heterocycles. The molecule has 0 aromatic heterocycles. The number of carbonyl (C=O) groups is 1. The van der Waals surface area contributed by atoms with E-state index >= 15 is 0 Å². The van der Waals surface area contributed by atoms with Crippen molar-refractivity contribution in [2.45, 2.75) is 0 Å². The number of nitrogens with one attached hydrogen (secondary N) is 1. The molecule has 1 aromatic carbocycles. The first-order valence-corrected chi connectivity index (χ1v) is 4.99. The summed E-state index contributed by atoms with van der Waals surface area (Å²) in [6.45, 7) is -0.444. The molecule has 0 saturated heterocycles. The fourth-order valence-corrected chi connectivity index (χ4v) is 1.49. The van der Waals surface area contributed by atoms with Crippen molar-refractivity contribution in [2.75, 3.05) is 18.5 Å². The van der Waals surface area contributed by atoms with E-state index < -0.39 is 11.9 Å². The number of hydrogen-bond donors (Lipinski definition) is 2. The molecule has 1 amide bonds. The van der Waals surface area contributed by atoms with Crippen LogP contribution in [-0.2, 0) is 4.74 Å². The van der Waals surface area contributed by atoms with Gasteiger partial charge in [0.2, 0.25) is 0 Å². The molecular weight excluding hydrogens is 260 g/mol. The third kappa shape index (κ3) is 3.52. The lowest BCUT2D eigenvalue weighted by Crippen LogP contribution is -2.16. The summed E-state index contributed by atoms with van der Waals surface area (Å²) in [6, 6.07) is 2.02. The van der Waals surface area contributed by atoms with Gasteiger partial charge in [-0.05, 0) is 12.1 Å². The van der Waals surface area contributed by atoms with Crippen molar-refractivity contribution in [3.63, 3.8) is 0 Å². The Morgan fingerprint density at radius 1 is 1.44 bits per heavy atom. The first-order valence-electron chi connectivity index (χ1n) is 4.23. The van der Waals surface area contributed by atoms with E-state index in [1.54, 1.807) is 0 Å². The monoisotopic (exact) mass is 267 g/mol. The fraction of sp³-hybridized carbons (Fsp3) is 0.222. The molecule has 1 rings (SSSR count). The highest BCUT2D eigenvalue weighted by atomic mass is 35.5. The summed E-state index contributed by atoms with van der Waals surface area (Å²) in [6.07, 6.45) is -0.829. The van der Waals surface area contributed by atoms with E-state index in [4.69, 9.17) is 28.3 Å². The highest BCUT2D eigenvalue weighted by Crippen LogP contribution is 2.31. The van der Waals surface area contributed by atoms with Crippen LogP contribution in [0.1, 0.15) is 0 Å². The Labute approximate surface area is 101 Å². The maximum atomic E-state index is 12.8. The Morgan fingerprint density at radius 3 is 2.50 bits per heavy atom. The van der Waals surface area contributed by atoms with Crippen LogP contribution in [0.4, 0.5) is 14.9 Å². The first kappa shape index (κ1) is 13.0. The summed E-state index contributed by atoms with van der Waals surface area (Å²) < 4.78 is 17.3. The number of rotatable bonds is 3. The van der Waals surface area contributed by atoms with Crippen molar-refractivity contribution < 1.29 is 19.0 Å². The third-order valence-corrected chi connectivity index (χ3v) is 2.15. The molecule has 0 bridgehead atoms. The van der Waals surface area contributed by atoms with Gasteiger partial charge < -0.3 is 9.84 Å². The Hall–Kier alpha value is -1.04. The van der Waals surface area contributed by atoms with E-state index in [2.05, 4.69) is 10.1 Å². The predicted molar refractivity (Wildman–Crippen MR) is 58.5 cm³/mol. The summed E-state index contributed by atoms with van der Waals surface area (Å²) in [5.74, 6) is -0.607. The fourth-order valence-electron chi connectivity index (χ4n) is 0.938. The average molecular weight is 268 g/mol. The molecule has 0 aliphatic carbocycles. The maximum absolute atomic E-state index is 12.8. The van der Waals surface area contributed by atoms with Crippen LogP contribution < -0.4 is 5.32 Å². The van der Waals surface area contributed by atoms with Crippen LogP contribution in [0.3, 0.4) is 0 Å². The van der Waals surface area contributed by atoms with Gasteiger partial charge in [-0.3, -0.25) is 5.32 Å².